The highest BCUT2D eigenvalue weighted by Gasteiger charge is 2.38. The number of amides is 5. The van der Waals surface area contributed by atoms with E-state index >= 15 is 0 Å². The van der Waals surface area contributed by atoms with Crippen molar-refractivity contribution in [2.75, 3.05) is 82.0 Å². The molecule has 0 spiro atoms. The second kappa shape index (κ2) is 40.9. The number of nitrogens with zero attached hydrogens (tertiary/aromatic N) is 24. The Balaban J connectivity index is 0.000000115. The number of aromatic nitrogens is 18. The number of aryl methyl sites for hydroxylation is 4. The van der Waals surface area contributed by atoms with E-state index in [0.29, 0.717) is 77.5 Å². The van der Waals surface area contributed by atoms with Crippen LogP contribution in [0.3, 0.4) is 0 Å². The van der Waals surface area contributed by atoms with Crippen molar-refractivity contribution in [3.63, 3.8) is 0 Å². The van der Waals surface area contributed by atoms with Crippen molar-refractivity contribution in [1.82, 2.24) is 113 Å². The highest BCUT2D eigenvalue weighted by atomic mass is 32.2. The van der Waals surface area contributed by atoms with Gasteiger partial charge >= 0.3 is 0 Å². The lowest BCUT2D eigenvalue weighted by atomic mass is 9.96. The number of rotatable bonds is 16. The molecule has 0 saturated carbocycles. The number of likely N-dealkylation sites (tertiary alicyclic amines) is 1. The van der Waals surface area contributed by atoms with Gasteiger partial charge in [0.2, 0.25) is 29.5 Å². The Labute approximate surface area is 829 Å². The number of thiazole rings is 2. The molecule has 5 amide bonds. The quantitative estimate of drug-likeness (QED) is 0.0867. The first-order valence-electron chi connectivity index (χ1n) is 49.4. The molecule has 34 heteroatoms. The van der Waals surface area contributed by atoms with Crippen molar-refractivity contribution < 1.29 is 32.9 Å². The Morgan fingerprint density at radius 2 is 0.844 bits per heavy atom. The van der Waals surface area contributed by atoms with Gasteiger partial charge in [-0.15, -0.1) is 27.8 Å². The standard InChI is InChI=1S/C29H32N6O2S.C27H29N5O2S2.C26H29N7O2.C25H28N6O/c1-4-28(37)34-13-10-26-24(17-34)29(32-35(26)21-8-11-33(12-9-21)19(3)36)22-7-5-6-20-14-25(31-15-23(20)22)27-16-30-18(2)38-27;1-3-26(33)31-10-7-24-22(16-31)27(30-32(24)19-8-11-36(34)12-9-19)20-6-4-5-18-13-23(29-14-21(18)20)25-15-28-17(2)35-25;1-3-25(34)32-8-7-20-24(17-32)33(29-26(20)31-9-11-35-12-10-31)23-6-4-5-18-13-22(27-15-21(18)23)19-14-28-30(2)16-19;1-5-24(32)30-10-9-19-23(15-30)31(28-25(19)16(2)3)22-8-6-7-17-11-21(26-13-20(17)22)18-12-27-29(4)14-18/h5-7,14-16,21H,4,8-13,17H2,1-3H3;4-6,13-15,19H,3,7-12,16H2,1-2H3;4-6,13-16H,3,7-12,17H2,1-2H3;6-8,11-14,16H,5,9-10,15H2,1-4H3. The summed E-state index contributed by atoms with van der Waals surface area (Å²) in [5, 5.41) is 39.8. The van der Waals surface area contributed by atoms with Crippen molar-refractivity contribution in [2.45, 2.75) is 184 Å². The van der Waals surface area contributed by atoms with Crippen LogP contribution in [0.4, 0.5) is 5.82 Å². The number of hydrogen-bond acceptors (Lipinski definition) is 22. The highest BCUT2D eigenvalue weighted by Crippen LogP contribution is 2.44. The van der Waals surface area contributed by atoms with E-state index in [1.54, 1.807) is 39.0 Å². The minimum atomic E-state index is -0.720. The third-order valence-corrected chi connectivity index (χ3v) is 31.7. The van der Waals surface area contributed by atoms with E-state index < -0.39 is 10.8 Å². The van der Waals surface area contributed by atoms with Crippen LogP contribution in [-0.2, 0) is 105 Å². The number of benzene rings is 4. The second-order valence-corrected chi connectivity index (χ2v) is 41.9. The maximum absolute atomic E-state index is 12.7. The van der Waals surface area contributed by atoms with E-state index in [9.17, 15) is 28.2 Å². The van der Waals surface area contributed by atoms with Crippen LogP contribution in [-0.4, -0.2) is 224 Å². The first-order chi connectivity index (χ1) is 68.5. The van der Waals surface area contributed by atoms with Crippen LogP contribution in [0.25, 0.3) is 121 Å². The Morgan fingerprint density at radius 3 is 1.28 bits per heavy atom. The molecule has 3 fully saturated rings. The first-order valence-corrected chi connectivity index (χ1v) is 52.5. The zero-order valence-electron chi connectivity index (χ0n) is 81.9. The van der Waals surface area contributed by atoms with Gasteiger partial charge in [0.05, 0.1) is 133 Å². The summed E-state index contributed by atoms with van der Waals surface area (Å²) < 4.78 is 29.7. The topological polar surface area (TPSA) is 315 Å². The SMILES string of the molecule is CCC(=O)N1CCc2c(C(C)C)nn(-c3cccc4cc(-c5cnn(C)c5)ncc34)c2C1.CCC(=O)N1CCc2c(N3CCOCC3)nn(-c3cccc4cc(-c5cnn(C)c5)ncc34)c2C1.CCC(=O)N1CCc2c(c(-c3cccc4cc(-c5cnc(C)s5)ncc34)nn2C2CCN(C(C)=O)CC2)C1.CCC(=O)N1CCc2c(c(-c3cccc4cc(-c5cnc(C)s5)ncc34)nn2C2CCS(=O)CC2)C1. The van der Waals surface area contributed by atoms with Gasteiger partial charge in [-0.05, 0) is 116 Å². The molecule has 16 aromatic rings. The molecular weight excluding hydrogens is 1830 g/mol. The van der Waals surface area contributed by atoms with Crippen molar-refractivity contribution in [3.05, 3.63) is 220 Å². The number of carbonyl (C=O) groups is 5. The molecule has 3 saturated heterocycles. The summed E-state index contributed by atoms with van der Waals surface area (Å²) in [5.74, 6) is 3.65. The lowest BCUT2D eigenvalue weighted by molar-refractivity contribution is -0.132. The average Bonchev–Trinajstić information content (AvgIpc) is 1.61. The molecule has 726 valence electrons. The zero-order chi connectivity index (χ0) is 97.5. The molecule has 0 radical (unpaired) electrons. The molecule has 23 rings (SSSR count). The summed E-state index contributed by atoms with van der Waals surface area (Å²) >= 11 is 3.29. The van der Waals surface area contributed by atoms with Crippen molar-refractivity contribution >= 4 is 112 Å². The van der Waals surface area contributed by atoms with Crippen LogP contribution in [0, 0.1) is 13.8 Å². The monoisotopic (exact) mass is 1950 g/mol. The van der Waals surface area contributed by atoms with E-state index in [0.717, 1.165) is 273 Å². The number of anilines is 1. The van der Waals surface area contributed by atoms with E-state index in [1.807, 2.05) is 151 Å². The molecule has 0 aliphatic carbocycles. The van der Waals surface area contributed by atoms with Gasteiger partial charge in [-0.1, -0.05) is 102 Å². The maximum Gasteiger partial charge on any atom is 0.222 e. The summed E-state index contributed by atoms with van der Waals surface area (Å²) in [4.78, 5) is 104. The summed E-state index contributed by atoms with van der Waals surface area (Å²) in [6.45, 7) is 27.5. The van der Waals surface area contributed by atoms with Crippen molar-refractivity contribution in [1.29, 1.82) is 0 Å². The predicted molar refractivity (Wildman–Crippen MR) is 551 cm³/mol. The van der Waals surface area contributed by atoms with Gasteiger partial charge in [-0.3, -0.25) is 66.8 Å². The van der Waals surface area contributed by atoms with Gasteiger partial charge in [-0.25, -0.2) is 19.3 Å². The molecule has 7 aliphatic heterocycles. The molecule has 141 heavy (non-hydrogen) atoms. The van der Waals surface area contributed by atoms with Crippen LogP contribution in [0.1, 0.15) is 179 Å². The minimum absolute atomic E-state index is 0.136. The average molecular weight is 1950 g/mol. The number of hydrogen-bond donors (Lipinski definition) is 0. The maximum atomic E-state index is 12.7. The molecule has 12 aromatic heterocycles. The van der Waals surface area contributed by atoms with Gasteiger partial charge in [-0.2, -0.15) is 25.5 Å². The summed E-state index contributed by atoms with van der Waals surface area (Å²) in [5.41, 5.74) is 22.2. The molecule has 0 unspecified atom stereocenters. The smallest absolute Gasteiger partial charge is 0.222 e. The van der Waals surface area contributed by atoms with E-state index in [1.165, 1.54) is 22.5 Å². The van der Waals surface area contributed by atoms with Crippen LogP contribution in [0.15, 0.2) is 159 Å². The van der Waals surface area contributed by atoms with Crippen LogP contribution in [0.5, 0.6) is 0 Å². The largest absolute Gasteiger partial charge is 0.378 e. The molecule has 31 nitrogen and oxygen atoms in total. The van der Waals surface area contributed by atoms with Crippen LogP contribution >= 0.6 is 22.7 Å². The molecule has 0 bridgehead atoms. The van der Waals surface area contributed by atoms with E-state index in [-0.39, 0.29) is 41.6 Å². The van der Waals surface area contributed by atoms with Gasteiger partial charge < -0.3 is 34.1 Å². The molecule has 0 N–H and O–H groups in total. The summed E-state index contributed by atoms with van der Waals surface area (Å²) in [6.07, 6.45) is 27.9. The zero-order valence-corrected chi connectivity index (χ0v) is 84.3. The highest BCUT2D eigenvalue weighted by molar-refractivity contribution is 7.85. The Morgan fingerprint density at radius 1 is 0.433 bits per heavy atom. The lowest BCUT2D eigenvalue weighted by Crippen LogP contribution is -2.39. The van der Waals surface area contributed by atoms with Crippen molar-refractivity contribution in [3.8, 4) is 77.5 Å². The van der Waals surface area contributed by atoms with Gasteiger partial charge in [0.1, 0.15) is 0 Å². The molecular formula is C107H118N24O7S3. The number of pyridine rings is 4. The summed E-state index contributed by atoms with van der Waals surface area (Å²) in [6, 6.07) is 34.1. The van der Waals surface area contributed by atoms with Crippen LogP contribution in [0.2, 0.25) is 0 Å². The van der Waals surface area contributed by atoms with Crippen LogP contribution < -0.4 is 4.90 Å². The first kappa shape index (κ1) is 94.9. The normalized spacial score (nSPS) is 16.6. The predicted octanol–water partition coefficient (Wildman–Crippen LogP) is 17.1. The molecule has 7 aliphatic rings. The van der Waals surface area contributed by atoms with E-state index in [4.69, 9.17) is 45.1 Å². The fourth-order valence-electron chi connectivity index (χ4n) is 20.9. The number of piperidine rings is 1. The minimum Gasteiger partial charge on any atom is -0.378 e. The van der Waals surface area contributed by atoms with Gasteiger partial charge in [0, 0.05) is 274 Å². The lowest BCUT2D eigenvalue weighted by Gasteiger charge is -2.33. The Kier molecular flexibility index (Phi) is 27.5. The van der Waals surface area contributed by atoms with Gasteiger partial charge in [0.25, 0.3) is 0 Å². The second-order valence-electron chi connectivity index (χ2n) is 37.7. The number of morpholine rings is 1. The van der Waals surface area contributed by atoms with Crippen molar-refractivity contribution in [2.24, 2.45) is 14.1 Å². The molecule has 4 aromatic carbocycles. The number of fused-ring (bicyclic) bond motifs is 8. The van der Waals surface area contributed by atoms with Gasteiger partial charge in [0.15, 0.2) is 5.82 Å². The third-order valence-electron chi connectivity index (χ3n) is 28.5. The third kappa shape index (κ3) is 19.3. The molecule has 0 atom stereocenters. The molecule has 19 heterocycles. The summed E-state index contributed by atoms with van der Waals surface area (Å²) in [7, 11) is 3.09. The van der Waals surface area contributed by atoms with E-state index in [2.05, 4.69) is 145 Å². The Hall–Kier alpha value is -13.7. The fourth-order valence-corrected chi connectivity index (χ4v) is 23.7. The number of carbonyl (C=O) groups excluding carboxylic acids is 5. The Bertz CT molecular complexity index is 7470. The number of ether oxygens (including phenoxy) is 1. The fraction of sp³-hybridized carbons (Fsp3) is 0.393.